The Labute approximate surface area is 174 Å². The van der Waals surface area contributed by atoms with E-state index >= 15 is 0 Å². The molecular weight excluding hydrogens is 362 g/mol. The van der Waals surface area contributed by atoms with Crippen LogP contribution in [0.15, 0.2) is 24.3 Å². The van der Waals surface area contributed by atoms with Gasteiger partial charge >= 0.3 is 0 Å². The van der Waals surface area contributed by atoms with Crippen molar-refractivity contribution in [1.82, 2.24) is 10.2 Å². The van der Waals surface area contributed by atoms with Crippen molar-refractivity contribution < 1.29 is 9.59 Å². The number of anilines is 1. The lowest BCUT2D eigenvalue weighted by Crippen LogP contribution is -2.58. The Hall–Kier alpha value is -1.88. The summed E-state index contributed by atoms with van der Waals surface area (Å²) in [7, 11) is 0. The third-order valence-electron chi connectivity index (χ3n) is 7.15. The monoisotopic (exact) mass is 397 g/mol. The number of piperidine rings is 2. The first-order chi connectivity index (χ1) is 14.2. The van der Waals surface area contributed by atoms with Gasteiger partial charge in [-0.1, -0.05) is 25.7 Å². The summed E-state index contributed by atoms with van der Waals surface area (Å²) in [5, 5.41) is 3.25. The third-order valence-corrected chi connectivity index (χ3v) is 7.15. The normalized spacial score (nSPS) is 23.0. The smallest absolute Gasteiger partial charge is 0.251 e. The molecule has 5 nitrogen and oxygen atoms in total. The Kier molecular flexibility index (Phi) is 6.53. The molecule has 0 spiro atoms. The summed E-state index contributed by atoms with van der Waals surface area (Å²) in [6, 6.07) is 7.56. The van der Waals surface area contributed by atoms with Gasteiger partial charge in [0.15, 0.2) is 0 Å². The summed E-state index contributed by atoms with van der Waals surface area (Å²) in [4.78, 5) is 29.5. The number of likely N-dealkylation sites (tertiary alicyclic amines) is 1. The first-order valence-corrected chi connectivity index (χ1v) is 11.6. The van der Waals surface area contributed by atoms with E-state index in [0.717, 1.165) is 31.6 Å². The molecule has 0 radical (unpaired) electrons. The number of nitrogens with one attached hydrogen (secondary N) is 1. The number of nitrogens with zero attached hydrogens (tertiary/aromatic N) is 2. The van der Waals surface area contributed by atoms with Crippen LogP contribution in [0.3, 0.4) is 0 Å². The summed E-state index contributed by atoms with van der Waals surface area (Å²) in [5.41, 5.74) is 1.74. The summed E-state index contributed by atoms with van der Waals surface area (Å²) >= 11 is 0. The van der Waals surface area contributed by atoms with Gasteiger partial charge in [0.1, 0.15) is 0 Å². The van der Waals surface area contributed by atoms with E-state index in [4.69, 9.17) is 0 Å². The third kappa shape index (κ3) is 4.66. The highest BCUT2D eigenvalue weighted by atomic mass is 16.2. The Morgan fingerprint density at radius 1 is 0.862 bits per heavy atom. The predicted octanol–water partition coefficient (Wildman–Crippen LogP) is 4.12. The van der Waals surface area contributed by atoms with Gasteiger partial charge in [0.2, 0.25) is 5.91 Å². The van der Waals surface area contributed by atoms with Crippen molar-refractivity contribution in [2.24, 2.45) is 0 Å². The predicted molar refractivity (Wildman–Crippen MR) is 116 cm³/mol. The molecule has 1 saturated carbocycles. The number of benzene rings is 1. The molecule has 1 aliphatic carbocycles. The van der Waals surface area contributed by atoms with Crippen molar-refractivity contribution in [3.05, 3.63) is 29.8 Å². The minimum absolute atomic E-state index is 0.00322. The van der Waals surface area contributed by atoms with Crippen LogP contribution in [0.2, 0.25) is 0 Å². The first kappa shape index (κ1) is 20.4. The number of carbonyl (C=O) groups is 2. The summed E-state index contributed by atoms with van der Waals surface area (Å²) in [6.45, 7) is 3.88. The maximum Gasteiger partial charge on any atom is 0.251 e. The second-order valence-corrected chi connectivity index (χ2v) is 9.06. The lowest BCUT2D eigenvalue weighted by molar-refractivity contribution is -0.119. The van der Waals surface area contributed by atoms with Gasteiger partial charge in [-0.25, -0.2) is 0 Å². The van der Waals surface area contributed by atoms with Crippen LogP contribution in [0.25, 0.3) is 0 Å². The average molecular weight is 398 g/mol. The van der Waals surface area contributed by atoms with E-state index < -0.39 is 0 Å². The van der Waals surface area contributed by atoms with Gasteiger partial charge in [0.25, 0.3) is 5.91 Å². The molecule has 3 aliphatic rings. The van der Waals surface area contributed by atoms with Crippen molar-refractivity contribution in [2.75, 3.05) is 31.1 Å². The van der Waals surface area contributed by atoms with Crippen molar-refractivity contribution in [3.63, 3.8) is 0 Å². The van der Waals surface area contributed by atoms with E-state index in [1.54, 1.807) is 0 Å². The van der Waals surface area contributed by atoms with Crippen LogP contribution >= 0.6 is 0 Å². The summed E-state index contributed by atoms with van der Waals surface area (Å²) < 4.78 is 0. The Morgan fingerprint density at radius 2 is 1.52 bits per heavy atom. The summed E-state index contributed by atoms with van der Waals surface area (Å²) in [6.07, 6.45) is 12.8. The Morgan fingerprint density at radius 3 is 2.21 bits per heavy atom. The number of hydrogen-bond donors (Lipinski definition) is 1. The zero-order valence-electron chi connectivity index (χ0n) is 17.6. The second kappa shape index (κ2) is 9.29. The number of amides is 2. The van der Waals surface area contributed by atoms with Gasteiger partial charge in [-0.3, -0.25) is 14.5 Å². The maximum absolute atomic E-state index is 12.9. The topological polar surface area (TPSA) is 52.7 Å². The van der Waals surface area contributed by atoms with Crippen LogP contribution in [0.5, 0.6) is 0 Å². The molecule has 2 heterocycles. The molecule has 0 unspecified atom stereocenters. The van der Waals surface area contributed by atoms with E-state index in [2.05, 4.69) is 10.2 Å². The molecule has 29 heavy (non-hydrogen) atoms. The fourth-order valence-corrected chi connectivity index (χ4v) is 5.40. The van der Waals surface area contributed by atoms with E-state index in [9.17, 15) is 9.59 Å². The quantitative estimate of drug-likeness (QED) is 0.813. The molecule has 0 bridgehead atoms. The Balaban J connectivity index is 1.39. The standard InChI is InChI=1S/C24H35N3O2/c28-22-9-3-8-18-27(22)21-12-10-20(11-13-21)23(29)25-19-24(14-4-1-5-15-24)26-16-6-2-7-17-26/h10-13H,1-9,14-19H2,(H,25,29). The van der Waals surface area contributed by atoms with Crippen LogP contribution in [-0.2, 0) is 4.79 Å². The van der Waals surface area contributed by atoms with Crippen LogP contribution in [0.4, 0.5) is 5.69 Å². The first-order valence-electron chi connectivity index (χ1n) is 11.6. The van der Waals surface area contributed by atoms with Gasteiger partial charge < -0.3 is 10.2 Å². The van der Waals surface area contributed by atoms with Crippen molar-refractivity contribution in [3.8, 4) is 0 Å². The molecule has 0 atom stereocenters. The SMILES string of the molecule is O=C(NCC1(N2CCCCC2)CCCCC1)c1ccc(N2CCCCC2=O)cc1. The molecular formula is C24H35N3O2. The molecule has 2 aliphatic heterocycles. The zero-order chi connectivity index (χ0) is 20.1. The number of carbonyl (C=O) groups excluding carboxylic acids is 2. The minimum atomic E-state index is 0.00322. The molecule has 0 aromatic heterocycles. The van der Waals surface area contributed by atoms with Crippen molar-refractivity contribution >= 4 is 17.5 Å². The zero-order valence-corrected chi connectivity index (χ0v) is 17.6. The maximum atomic E-state index is 12.9. The fraction of sp³-hybridized carbons (Fsp3) is 0.667. The molecule has 2 amide bonds. The van der Waals surface area contributed by atoms with Crippen LogP contribution < -0.4 is 10.2 Å². The summed E-state index contributed by atoms with van der Waals surface area (Å²) in [5.74, 6) is 0.192. The van der Waals surface area contributed by atoms with Gasteiger partial charge in [-0.05, 0) is 75.9 Å². The highest BCUT2D eigenvalue weighted by Crippen LogP contribution is 2.35. The second-order valence-electron chi connectivity index (χ2n) is 9.06. The molecule has 1 N–H and O–H groups in total. The molecule has 4 rings (SSSR count). The largest absolute Gasteiger partial charge is 0.350 e. The van der Waals surface area contributed by atoms with Crippen molar-refractivity contribution in [2.45, 2.75) is 76.2 Å². The van der Waals surface area contributed by atoms with Crippen LogP contribution in [-0.4, -0.2) is 48.4 Å². The minimum Gasteiger partial charge on any atom is -0.350 e. The van der Waals surface area contributed by atoms with E-state index in [1.807, 2.05) is 29.2 Å². The van der Waals surface area contributed by atoms with E-state index in [0.29, 0.717) is 12.0 Å². The molecule has 1 aromatic carbocycles. The van der Waals surface area contributed by atoms with E-state index in [1.165, 1.54) is 64.5 Å². The van der Waals surface area contributed by atoms with Gasteiger partial charge in [-0.15, -0.1) is 0 Å². The Bertz CT molecular complexity index is 703. The molecule has 1 aromatic rings. The molecule has 3 fully saturated rings. The van der Waals surface area contributed by atoms with Gasteiger partial charge in [0, 0.05) is 36.3 Å². The average Bonchev–Trinajstić information content (AvgIpc) is 2.79. The lowest BCUT2D eigenvalue weighted by Gasteiger charge is -2.48. The number of rotatable bonds is 5. The fourth-order valence-electron chi connectivity index (χ4n) is 5.40. The highest BCUT2D eigenvalue weighted by molar-refractivity contribution is 5.97. The lowest BCUT2D eigenvalue weighted by atomic mass is 9.79. The van der Waals surface area contributed by atoms with Crippen LogP contribution in [0.1, 0.15) is 81.0 Å². The molecule has 158 valence electrons. The van der Waals surface area contributed by atoms with E-state index in [-0.39, 0.29) is 17.4 Å². The molecule has 5 heteroatoms. The van der Waals surface area contributed by atoms with Gasteiger partial charge in [0.05, 0.1) is 0 Å². The van der Waals surface area contributed by atoms with Crippen LogP contribution in [0, 0.1) is 0 Å². The molecule has 2 saturated heterocycles. The van der Waals surface area contributed by atoms with Gasteiger partial charge in [-0.2, -0.15) is 0 Å². The van der Waals surface area contributed by atoms with Crippen molar-refractivity contribution in [1.29, 1.82) is 0 Å². The highest BCUT2D eigenvalue weighted by Gasteiger charge is 2.38. The number of hydrogen-bond acceptors (Lipinski definition) is 3.